The highest BCUT2D eigenvalue weighted by atomic mass is 15.2. The molecule has 1 aromatic heterocycles. The molecule has 4 heterocycles. The third-order valence-corrected chi connectivity index (χ3v) is 5.76. The van der Waals surface area contributed by atoms with E-state index in [1.807, 2.05) is 0 Å². The van der Waals surface area contributed by atoms with E-state index in [2.05, 4.69) is 38.5 Å². The minimum atomic E-state index is 0.603. The van der Waals surface area contributed by atoms with Gasteiger partial charge in [0.15, 0.2) is 0 Å². The summed E-state index contributed by atoms with van der Waals surface area (Å²) >= 11 is 0. The van der Waals surface area contributed by atoms with Gasteiger partial charge in [-0.25, -0.2) is 9.97 Å². The molecule has 3 unspecified atom stereocenters. The van der Waals surface area contributed by atoms with Gasteiger partial charge in [0.05, 0.1) is 0 Å². The first-order chi connectivity index (χ1) is 11.3. The number of fused-ring (bicyclic) bond motifs is 2. The fourth-order valence-electron chi connectivity index (χ4n) is 4.60. The van der Waals surface area contributed by atoms with E-state index in [1.165, 1.54) is 38.5 Å². The van der Waals surface area contributed by atoms with Crippen molar-refractivity contribution in [2.45, 2.75) is 76.0 Å². The van der Waals surface area contributed by atoms with E-state index >= 15 is 0 Å². The predicted octanol–water partition coefficient (Wildman–Crippen LogP) is 1.88. The van der Waals surface area contributed by atoms with E-state index < -0.39 is 0 Å². The van der Waals surface area contributed by atoms with Crippen molar-refractivity contribution >= 4 is 5.82 Å². The summed E-state index contributed by atoms with van der Waals surface area (Å²) in [5.41, 5.74) is 1.14. The summed E-state index contributed by atoms with van der Waals surface area (Å²) in [6.45, 7) is 4.35. The molecular formula is C18H29N5. The zero-order valence-electron chi connectivity index (χ0n) is 14.2. The van der Waals surface area contributed by atoms with Crippen LogP contribution in [0, 0.1) is 0 Å². The molecule has 0 aromatic carbocycles. The lowest BCUT2D eigenvalue weighted by atomic mass is 9.97. The Morgan fingerprint density at radius 3 is 2.78 bits per heavy atom. The number of rotatable bonds is 4. The van der Waals surface area contributed by atoms with Crippen molar-refractivity contribution in [2.75, 3.05) is 18.0 Å². The fourth-order valence-corrected chi connectivity index (χ4v) is 4.60. The van der Waals surface area contributed by atoms with Gasteiger partial charge in [-0.05, 0) is 44.9 Å². The molecule has 1 aromatic rings. The first-order valence-corrected chi connectivity index (χ1v) is 9.38. The fraction of sp³-hybridized carbons (Fsp3) is 0.778. The van der Waals surface area contributed by atoms with E-state index in [0.717, 1.165) is 43.1 Å². The summed E-state index contributed by atoms with van der Waals surface area (Å²) in [7, 11) is 0. The van der Waals surface area contributed by atoms with Gasteiger partial charge < -0.3 is 15.5 Å². The minimum Gasteiger partial charge on any atom is -0.355 e. The molecule has 3 fully saturated rings. The zero-order valence-corrected chi connectivity index (χ0v) is 14.2. The number of anilines is 1. The van der Waals surface area contributed by atoms with Gasteiger partial charge in [0.2, 0.25) is 0 Å². The van der Waals surface area contributed by atoms with Crippen LogP contribution in [0.5, 0.6) is 0 Å². The van der Waals surface area contributed by atoms with Crippen LogP contribution in [0.2, 0.25) is 0 Å². The van der Waals surface area contributed by atoms with Crippen LogP contribution < -0.4 is 15.5 Å². The molecule has 0 aliphatic carbocycles. The van der Waals surface area contributed by atoms with Crippen LogP contribution in [0.1, 0.15) is 51.1 Å². The number of hydrogen-bond donors (Lipinski definition) is 2. The lowest BCUT2D eigenvalue weighted by molar-refractivity contribution is 0.279. The first kappa shape index (κ1) is 15.3. The normalized spacial score (nSPS) is 33.9. The molecule has 0 radical (unpaired) electrons. The molecule has 3 saturated heterocycles. The van der Waals surface area contributed by atoms with Crippen LogP contribution in [-0.2, 0) is 6.42 Å². The van der Waals surface area contributed by atoms with E-state index in [4.69, 9.17) is 0 Å². The third-order valence-electron chi connectivity index (χ3n) is 5.76. The summed E-state index contributed by atoms with van der Waals surface area (Å²) < 4.78 is 0. The van der Waals surface area contributed by atoms with Gasteiger partial charge in [0, 0.05) is 49.0 Å². The van der Waals surface area contributed by atoms with E-state index in [-0.39, 0.29) is 0 Å². The largest absolute Gasteiger partial charge is 0.355 e. The molecule has 4 rings (SSSR count). The van der Waals surface area contributed by atoms with Crippen molar-refractivity contribution in [3.8, 4) is 0 Å². The van der Waals surface area contributed by atoms with Crippen molar-refractivity contribution in [3.63, 3.8) is 0 Å². The van der Waals surface area contributed by atoms with Crippen molar-refractivity contribution in [3.05, 3.63) is 18.1 Å². The SMILES string of the molecule is CCc1cc(N2CCCC(NC3CC4CCC(C3)N4)C2)ncn1. The summed E-state index contributed by atoms with van der Waals surface area (Å²) in [6, 6.07) is 4.99. The number of nitrogens with zero attached hydrogens (tertiary/aromatic N) is 3. The van der Waals surface area contributed by atoms with Gasteiger partial charge in [-0.15, -0.1) is 0 Å². The van der Waals surface area contributed by atoms with Crippen LogP contribution >= 0.6 is 0 Å². The molecule has 0 saturated carbocycles. The second-order valence-electron chi connectivity index (χ2n) is 7.48. The van der Waals surface area contributed by atoms with Gasteiger partial charge in [-0.2, -0.15) is 0 Å². The van der Waals surface area contributed by atoms with Crippen LogP contribution in [0.3, 0.4) is 0 Å². The standard InChI is InChI=1S/C18H29N5/c1-2-13-10-18(20-12-19-13)23-7-3-4-16(11-23)22-17-8-14-5-6-15(9-17)21-14/h10,12,14-17,21-22H,2-9,11H2,1H3. The Bertz CT molecular complexity index is 522. The maximum absolute atomic E-state index is 4.50. The maximum atomic E-state index is 4.50. The monoisotopic (exact) mass is 315 g/mol. The van der Waals surface area contributed by atoms with Crippen LogP contribution in [-0.4, -0.2) is 47.2 Å². The Labute approximate surface area is 139 Å². The second kappa shape index (κ2) is 6.73. The average Bonchev–Trinajstić information content (AvgIpc) is 2.94. The van der Waals surface area contributed by atoms with Crippen molar-refractivity contribution in [1.82, 2.24) is 20.6 Å². The summed E-state index contributed by atoms with van der Waals surface area (Å²) in [5, 5.41) is 7.70. The Hall–Kier alpha value is -1.20. The molecule has 0 amide bonds. The Morgan fingerprint density at radius 1 is 1.17 bits per heavy atom. The number of hydrogen-bond acceptors (Lipinski definition) is 5. The van der Waals surface area contributed by atoms with Gasteiger partial charge >= 0.3 is 0 Å². The second-order valence-corrected chi connectivity index (χ2v) is 7.48. The molecule has 3 aliphatic heterocycles. The number of aryl methyl sites for hydroxylation is 1. The zero-order chi connectivity index (χ0) is 15.6. The van der Waals surface area contributed by atoms with Crippen LogP contribution in [0.15, 0.2) is 12.4 Å². The number of nitrogens with one attached hydrogen (secondary N) is 2. The molecule has 0 spiro atoms. The first-order valence-electron chi connectivity index (χ1n) is 9.38. The lowest BCUT2D eigenvalue weighted by Crippen LogP contribution is -2.53. The molecule has 2 bridgehead atoms. The van der Waals surface area contributed by atoms with Crippen molar-refractivity contribution in [1.29, 1.82) is 0 Å². The van der Waals surface area contributed by atoms with Gasteiger partial charge in [0.25, 0.3) is 0 Å². The Morgan fingerprint density at radius 2 is 2.00 bits per heavy atom. The highest BCUT2D eigenvalue weighted by Crippen LogP contribution is 2.28. The van der Waals surface area contributed by atoms with Gasteiger partial charge in [-0.1, -0.05) is 6.92 Å². The van der Waals surface area contributed by atoms with E-state index in [0.29, 0.717) is 12.1 Å². The lowest BCUT2D eigenvalue weighted by Gasteiger charge is -2.38. The average molecular weight is 315 g/mol. The number of aromatic nitrogens is 2. The molecule has 2 N–H and O–H groups in total. The third kappa shape index (κ3) is 3.50. The summed E-state index contributed by atoms with van der Waals surface area (Å²) in [4.78, 5) is 11.3. The molecular weight excluding hydrogens is 286 g/mol. The van der Waals surface area contributed by atoms with Crippen molar-refractivity contribution < 1.29 is 0 Å². The van der Waals surface area contributed by atoms with Crippen molar-refractivity contribution in [2.24, 2.45) is 0 Å². The summed E-state index contributed by atoms with van der Waals surface area (Å²) in [5.74, 6) is 1.11. The molecule has 126 valence electrons. The van der Waals surface area contributed by atoms with Gasteiger partial charge in [-0.3, -0.25) is 0 Å². The number of piperidine rings is 2. The van der Waals surface area contributed by atoms with Crippen LogP contribution in [0.25, 0.3) is 0 Å². The predicted molar refractivity (Wildman–Crippen MR) is 92.7 cm³/mol. The Balaban J connectivity index is 1.37. The van der Waals surface area contributed by atoms with E-state index in [1.54, 1.807) is 6.33 Å². The quantitative estimate of drug-likeness (QED) is 0.888. The topological polar surface area (TPSA) is 53.1 Å². The molecule has 5 nitrogen and oxygen atoms in total. The smallest absolute Gasteiger partial charge is 0.132 e. The molecule has 3 aliphatic rings. The highest BCUT2D eigenvalue weighted by molar-refractivity contribution is 5.39. The Kier molecular flexibility index (Phi) is 4.49. The van der Waals surface area contributed by atoms with Gasteiger partial charge in [0.1, 0.15) is 12.1 Å². The highest BCUT2D eigenvalue weighted by Gasteiger charge is 2.34. The van der Waals surface area contributed by atoms with Crippen LogP contribution in [0.4, 0.5) is 5.82 Å². The molecule has 5 heteroatoms. The maximum Gasteiger partial charge on any atom is 0.132 e. The minimum absolute atomic E-state index is 0.603. The summed E-state index contributed by atoms with van der Waals surface area (Å²) in [6.07, 6.45) is 10.6. The van der Waals surface area contributed by atoms with E-state index in [9.17, 15) is 0 Å². The molecule has 23 heavy (non-hydrogen) atoms. The molecule has 3 atom stereocenters.